The minimum Gasteiger partial charge on any atom is -0.748 e. The molecule has 3 aromatic carbocycles. The summed E-state index contributed by atoms with van der Waals surface area (Å²) in [6, 6.07) is 21.4. The van der Waals surface area contributed by atoms with E-state index in [4.69, 9.17) is 9.15 Å². The third-order valence-electron chi connectivity index (χ3n) is 7.74. The molecule has 5 aromatic rings. The van der Waals surface area contributed by atoms with E-state index in [0.717, 1.165) is 43.0 Å². The molecular formula is C33H31N2O8S3-. The second-order valence-electron chi connectivity index (χ2n) is 10.9. The molecule has 0 bridgehead atoms. The summed E-state index contributed by atoms with van der Waals surface area (Å²) >= 11 is 1.54. The molecule has 0 unspecified atom stereocenters. The zero-order valence-corrected chi connectivity index (χ0v) is 27.4. The summed E-state index contributed by atoms with van der Waals surface area (Å²) in [5, 5.41) is 1.74. The second kappa shape index (κ2) is 13.0. The molecule has 1 aliphatic heterocycles. The van der Waals surface area contributed by atoms with Crippen LogP contribution in [0.3, 0.4) is 0 Å². The lowest BCUT2D eigenvalue weighted by Crippen LogP contribution is -2.36. The summed E-state index contributed by atoms with van der Waals surface area (Å²) in [6.45, 7) is 2.56. The van der Waals surface area contributed by atoms with Crippen molar-refractivity contribution >= 4 is 64.5 Å². The zero-order valence-electron chi connectivity index (χ0n) is 24.9. The van der Waals surface area contributed by atoms with E-state index in [2.05, 4.69) is 0 Å². The van der Waals surface area contributed by atoms with Gasteiger partial charge in [-0.25, -0.2) is 16.8 Å². The molecule has 0 aliphatic carbocycles. The molecule has 0 N–H and O–H groups in total. The summed E-state index contributed by atoms with van der Waals surface area (Å²) in [6.07, 6.45) is 6.41. The highest BCUT2D eigenvalue weighted by Gasteiger charge is 2.28. The Labute approximate surface area is 271 Å². The maximum absolute atomic E-state index is 11.4. The summed E-state index contributed by atoms with van der Waals surface area (Å²) < 4.78 is 83.3. The quantitative estimate of drug-likeness (QED) is 0.114. The molecule has 2 aromatic heterocycles. The number of furan rings is 1. The highest BCUT2D eigenvalue weighted by Crippen LogP contribution is 2.42. The first-order valence-electron chi connectivity index (χ1n) is 14.8. The van der Waals surface area contributed by atoms with Gasteiger partial charge in [0.25, 0.3) is 5.01 Å². The van der Waals surface area contributed by atoms with Gasteiger partial charge in [0.15, 0.2) is 12.3 Å². The van der Waals surface area contributed by atoms with Crippen LogP contribution < -0.4 is 14.2 Å². The smallest absolute Gasteiger partial charge is 0.263 e. The molecule has 13 heteroatoms. The number of nitrogens with zero attached hydrogens (tertiary/aromatic N) is 2. The number of fused-ring (bicyclic) bond motifs is 4. The summed E-state index contributed by atoms with van der Waals surface area (Å²) in [7, 11) is -8.76. The highest BCUT2D eigenvalue weighted by molar-refractivity contribution is 7.85. The van der Waals surface area contributed by atoms with Crippen LogP contribution in [-0.2, 0) is 26.8 Å². The molecule has 0 atom stereocenters. The van der Waals surface area contributed by atoms with Gasteiger partial charge in [0, 0.05) is 36.6 Å². The maximum atomic E-state index is 11.4. The lowest BCUT2D eigenvalue weighted by atomic mass is 10.0. The Morgan fingerprint density at radius 2 is 1.70 bits per heavy atom. The van der Waals surface area contributed by atoms with Crippen molar-refractivity contribution < 1.29 is 39.7 Å². The molecule has 3 heterocycles. The van der Waals surface area contributed by atoms with Crippen LogP contribution in [0.5, 0.6) is 5.75 Å². The minimum atomic E-state index is -4.39. The first-order valence-corrected chi connectivity index (χ1v) is 18.7. The van der Waals surface area contributed by atoms with Gasteiger partial charge >= 0.3 is 0 Å². The summed E-state index contributed by atoms with van der Waals surface area (Å²) in [4.78, 5) is 1.89. The van der Waals surface area contributed by atoms with Gasteiger partial charge in [0.05, 0.1) is 37.6 Å². The van der Waals surface area contributed by atoms with Gasteiger partial charge in [-0.05, 0) is 59.9 Å². The SMILES string of the molecule is CCC(/C=C1\Oc2ccc(-c3ccccc3)cc2N1CCCS(=O)(=O)[O-])=C\c1sc2ccc3occc3c2[n+]1CCCS(=O)(=O)[O-]. The third kappa shape index (κ3) is 7.18. The van der Waals surface area contributed by atoms with Crippen molar-refractivity contribution in [1.29, 1.82) is 0 Å². The van der Waals surface area contributed by atoms with E-state index >= 15 is 0 Å². The predicted molar refractivity (Wildman–Crippen MR) is 176 cm³/mol. The number of allylic oxidation sites excluding steroid dienone is 2. The van der Waals surface area contributed by atoms with E-state index < -0.39 is 31.7 Å². The number of rotatable bonds is 12. The zero-order chi connectivity index (χ0) is 32.5. The van der Waals surface area contributed by atoms with E-state index in [9.17, 15) is 25.9 Å². The van der Waals surface area contributed by atoms with Crippen molar-refractivity contribution in [3.8, 4) is 16.9 Å². The van der Waals surface area contributed by atoms with Gasteiger partial charge in [-0.2, -0.15) is 4.57 Å². The largest absolute Gasteiger partial charge is 0.748 e. The fraction of sp³-hybridized carbons (Fsp3) is 0.242. The van der Waals surface area contributed by atoms with E-state index in [-0.39, 0.29) is 19.4 Å². The molecule has 46 heavy (non-hydrogen) atoms. The van der Waals surface area contributed by atoms with Crippen molar-refractivity contribution in [2.24, 2.45) is 0 Å². The van der Waals surface area contributed by atoms with Gasteiger partial charge in [0.1, 0.15) is 10.3 Å². The Morgan fingerprint density at radius 1 is 0.935 bits per heavy atom. The fourth-order valence-corrected chi connectivity index (χ4v) is 7.73. The molecular weight excluding hydrogens is 649 g/mol. The van der Waals surface area contributed by atoms with Crippen LogP contribution in [0.25, 0.3) is 38.4 Å². The number of ether oxygens (including phenoxy) is 1. The molecule has 6 rings (SSSR count). The van der Waals surface area contributed by atoms with Crippen LogP contribution in [0.4, 0.5) is 5.69 Å². The van der Waals surface area contributed by atoms with E-state index in [1.54, 1.807) is 6.26 Å². The average Bonchev–Trinajstić information content (AvgIpc) is 3.71. The number of benzene rings is 3. The molecule has 1 aliphatic rings. The second-order valence-corrected chi connectivity index (χ2v) is 15.0. The number of hydrogen-bond donors (Lipinski definition) is 0. The Kier molecular flexibility index (Phi) is 9.03. The van der Waals surface area contributed by atoms with Crippen LogP contribution in [0.2, 0.25) is 0 Å². The number of aromatic nitrogens is 1. The normalized spacial score (nSPS) is 14.8. The number of hydrogen-bond acceptors (Lipinski definition) is 10. The molecule has 0 saturated heterocycles. The monoisotopic (exact) mass is 679 g/mol. The van der Waals surface area contributed by atoms with E-state index in [0.29, 0.717) is 30.2 Å². The van der Waals surface area contributed by atoms with Gasteiger partial charge in [-0.3, -0.25) is 0 Å². The van der Waals surface area contributed by atoms with Crippen LogP contribution in [0.1, 0.15) is 31.2 Å². The molecule has 10 nitrogen and oxygen atoms in total. The van der Waals surface area contributed by atoms with Crippen molar-refractivity contribution in [1.82, 2.24) is 0 Å². The topological polar surface area (TPSA) is 144 Å². The molecule has 0 amide bonds. The van der Waals surface area contributed by atoms with Crippen LogP contribution in [0, 0.1) is 0 Å². The van der Waals surface area contributed by atoms with Gasteiger partial charge in [-0.15, -0.1) is 0 Å². The first kappa shape index (κ1) is 32.0. The highest BCUT2D eigenvalue weighted by atomic mass is 32.2. The predicted octanol–water partition coefficient (Wildman–Crippen LogP) is 6.01. The van der Waals surface area contributed by atoms with E-state index in [1.807, 2.05) is 95.3 Å². The third-order valence-corrected chi connectivity index (χ3v) is 10.4. The minimum absolute atomic E-state index is 0.117. The lowest BCUT2D eigenvalue weighted by molar-refractivity contribution is -0.667. The van der Waals surface area contributed by atoms with Crippen LogP contribution in [-0.4, -0.2) is 44.0 Å². The summed E-state index contributed by atoms with van der Waals surface area (Å²) in [5.41, 5.74) is 5.25. The Hall–Kier alpha value is -4.01. The van der Waals surface area contributed by atoms with Crippen molar-refractivity contribution in [3.05, 3.63) is 95.5 Å². The van der Waals surface area contributed by atoms with Crippen LogP contribution in [0.15, 0.2) is 94.9 Å². The Bertz CT molecular complexity index is 2180. The number of thiazole rings is 1. The fourth-order valence-electron chi connectivity index (χ4n) is 5.59. The molecule has 0 fully saturated rings. The Morgan fingerprint density at radius 3 is 2.43 bits per heavy atom. The average molecular weight is 680 g/mol. The lowest BCUT2D eigenvalue weighted by Gasteiger charge is -2.19. The standard InChI is InChI=1S/C33H32N2O8S3/c1-2-23(21-32-35(16-7-19-46(39,40)41)33-26-14-17-42-28(26)12-13-30(33)44-32)20-31-34(15-6-18-45(36,37)38)27-22-25(10-11-29(27)43-31)24-8-4-3-5-9-24/h3-5,8-14,17,20-22H,2,6-7,15-16,18-19H2,1H3,(H-,36,37,38,39,40,41)/p-1. The Balaban J connectivity index is 1.40. The first-order chi connectivity index (χ1) is 22.0. The molecule has 0 radical (unpaired) electrons. The van der Waals surface area contributed by atoms with Gasteiger partial charge in [0.2, 0.25) is 11.4 Å². The number of anilines is 1. The van der Waals surface area contributed by atoms with Gasteiger partial charge in [-0.1, -0.05) is 54.7 Å². The van der Waals surface area contributed by atoms with Crippen molar-refractivity contribution in [3.63, 3.8) is 0 Å². The maximum Gasteiger partial charge on any atom is 0.263 e. The summed E-state index contributed by atoms with van der Waals surface area (Å²) in [5.74, 6) is 0.144. The van der Waals surface area contributed by atoms with Crippen LogP contribution >= 0.6 is 11.3 Å². The van der Waals surface area contributed by atoms with Gasteiger partial charge < -0.3 is 23.2 Å². The molecule has 0 spiro atoms. The number of aryl methyl sites for hydroxylation is 1. The van der Waals surface area contributed by atoms with Crippen molar-refractivity contribution in [2.75, 3.05) is 23.0 Å². The van der Waals surface area contributed by atoms with Crippen molar-refractivity contribution in [2.45, 2.75) is 32.7 Å². The van der Waals surface area contributed by atoms with E-state index in [1.165, 1.54) is 11.3 Å². The molecule has 0 saturated carbocycles. The molecule has 240 valence electrons.